The van der Waals surface area contributed by atoms with Crippen molar-refractivity contribution in [2.45, 2.75) is 30.5 Å². The van der Waals surface area contributed by atoms with Crippen molar-refractivity contribution in [2.75, 3.05) is 5.43 Å². The summed E-state index contributed by atoms with van der Waals surface area (Å²) in [5.74, 6) is 6.60. The summed E-state index contributed by atoms with van der Waals surface area (Å²) >= 11 is 3.05. The first-order chi connectivity index (χ1) is 9.69. The highest BCUT2D eigenvalue weighted by Crippen LogP contribution is 2.34. The lowest BCUT2D eigenvalue weighted by Gasteiger charge is -2.02. The molecule has 0 saturated heterocycles. The third-order valence-corrected chi connectivity index (χ3v) is 4.69. The van der Waals surface area contributed by atoms with E-state index in [1.54, 1.807) is 11.3 Å². The molecule has 0 aromatic carbocycles. The highest BCUT2D eigenvalue weighted by molar-refractivity contribution is 7.99. The minimum atomic E-state index is 0.400. The molecule has 4 N–H and O–H groups in total. The fourth-order valence-electron chi connectivity index (χ4n) is 1.72. The molecular formula is C11H13N7S2. The number of aryl methyl sites for hydroxylation is 2. The van der Waals surface area contributed by atoms with E-state index in [0.29, 0.717) is 11.1 Å². The number of hydrazine groups is 1. The van der Waals surface area contributed by atoms with Crippen molar-refractivity contribution in [1.82, 2.24) is 25.1 Å². The van der Waals surface area contributed by atoms with E-state index in [9.17, 15) is 0 Å². The second-order valence-electron chi connectivity index (χ2n) is 4.09. The van der Waals surface area contributed by atoms with E-state index in [-0.39, 0.29) is 0 Å². The van der Waals surface area contributed by atoms with Crippen LogP contribution in [-0.4, -0.2) is 25.1 Å². The zero-order chi connectivity index (χ0) is 14.1. The number of hydrogen-bond donors (Lipinski definition) is 3. The quantitative estimate of drug-likeness (QED) is 0.385. The predicted molar refractivity (Wildman–Crippen MR) is 79.8 cm³/mol. The SMILES string of the molecule is CCc1cc2c(Sc3n[nH]c(C)n3)nc(NN)nc2s1. The Morgan fingerprint density at radius 2 is 2.25 bits per heavy atom. The summed E-state index contributed by atoms with van der Waals surface area (Å²) in [5.41, 5.74) is 2.50. The first kappa shape index (κ1) is 13.3. The van der Waals surface area contributed by atoms with Gasteiger partial charge in [-0.05, 0) is 31.2 Å². The Kier molecular flexibility index (Phi) is 3.55. The minimum absolute atomic E-state index is 0.400. The van der Waals surface area contributed by atoms with E-state index in [4.69, 9.17) is 5.84 Å². The number of hydrogen-bond acceptors (Lipinski definition) is 8. The third kappa shape index (κ3) is 2.47. The van der Waals surface area contributed by atoms with E-state index in [1.165, 1.54) is 16.6 Å². The second-order valence-corrected chi connectivity index (χ2v) is 6.16. The molecule has 0 spiro atoms. The van der Waals surface area contributed by atoms with Crippen LogP contribution in [0.25, 0.3) is 10.2 Å². The molecule has 0 aliphatic rings. The maximum atomic E-state index is 5.43. The summed E-state index contributed by atoms with van der Waals surface area (Å²) in [6.07, 6.45) is 0.969. The maximum absolute atomic E-state index is 5.43. The van der Waals surface area contributed by atoms with Crippen LogP contribution in [0, 0.1) is 6.92 Å². The molecule has 3 aromatic heterocycles. The van der Waals surface area contributed by atoms with Gasteiger partial charge in [-0.3, -0.25) is 10.5 Å². The molecule has 9 heteroatoms. The smallest absolute Gasteiger partial charge is 0.239 e. The lowest BCUT2D eigenvalue weighted by Crippen LogP contribution is -2.10. The molecule has 7 nitrogen and oxygen atoms in total. The van der Waals surface area contributed by atoms with Gasteiger partial charge in [0.1, 0.15) is 15.7 Å². The minimum Gasteiger partial charge on any atom is -0.292 e. The van der Waals surface area contributed by atoms with Gasteiger partial charge in [-0.25, -0.2) is 20.8 Å². The van der Waals surface area contributed by atoms with Crippen molar-refractivity contribution >= 4 is 39.3 Å². The summed E-state index contributed by atoms with van der Waals surface area (Å²) < 4.78 is 0. The molecule has 0 aliphatic carbocycles. The number of anilines is 1. The zero-order valence-electron chi connectivity index (χ0n) is 11.0. The van der Waals surface area contributed by atoms with Gasteiger partial charge < -0.3 is 0 Å². The Labute approximate surface area is 123 Å². The topological polar surface area (TPSA) is 105 Å². The molecule has 0 amide bonds. The van der Waals surface area contributed by atoms with Crippen molar-refractivity contribution in [1.29, 1.82) is 0 Å². The Morgan fingerprint density at radius 3 is 2.90 bits per heavy atom. The van der Waals surface area contributed by atoms with E-state index in [0.717, 1.165) is 27.5 Å². The number of nitrogens with zero attached hydrogens (tertiary/aromatic N) is 4. The van der Waals surface area contributed by atoms with Crippen LogP contribution < -0.4 is 11.3 Å². The number of nitrogens with two attached hydrogens (primary N) is 1. The van der Waals surface area contributed by atoms with Crippen LogP contribution in [0.1, 0.15) is 17.6 Å². The van der Waals surface area contributed by atoms with Crippen LogP contribution in [0.15, 0.2) is 16.2 Å². The summed E-state index contributed by atoms with van der Waals surface area (Å²) in [6, 6.07) is 2.11. The number of aromatic amines is 1. The lowest BCUT2D eigenvalue weighted by molar-refractivity contribution is 0.964. The van der Waals surface area contributed by atoms with E-state index in [1.807, 2.05) is 6.92 Å². The average Bonchev–Trinajstić information content (AvgIpc) is 3.04. The van der Waals surface area contributed by atoms with Crippen LogP contribution in [-0.2, 0) is 6.42 Å². The van der Waals surface area contributed by atoms with Crippen LogP contribution in [0.5, 0.6) is 0 Å². The standard InChI is InChI=1S/C11H13N7S2/c1-3-6-4-7-8(19-6)14-10(16-12)15-9(7)20-11-13-5(2)17-18-11/h4H,3,12H2,1-2H3,(H,13,17,18)(H,14,15,16). The van der Waals surface area contributed by atoms with Gasteiger partial charge in [-0.15, -0.1) is 16.4 Å². The number of nitrogen functional groups attached to an aromatic ring is 1. The summed E-state index contributed by atoms with van der Waals surface area (Å²) in [5, 5.41) is 9.39. The van der Waals surface area contributed by atoms with Crippen molar-refractivity contribution in [3.05, 3.63) is 16.8 Å². The van der Waals surface area contributed by atoms with Gasteiger partial charge in [-0.2, -0.15) is 0 Å². The fraction of sp³-hybridized carbons (Fsp3) is 0.273. The Hall–Kier alpha value is -1.71. The maximum Gasteiger partial charge on any atom is 0.239 e. The van der Waals surface area contributed by atoms with Gasteiger partial charge in [0.05, 0.1) is 0 Å². The number of aromatic nitrogens is 5. The third-order valence-electron chi connectivity index (χ3n) is 2.65. The molecule has 104 valence electrons. The molecule has 0 unspecified atom stereocenters. The van der Waals surface area contributed by atoms with Gasteiger partial charge in [0, 0.05) is 10.3 Å². The predicted octanol–water partition coefficient (Wildman–Crippen LogP) is 2.12. The Balaban J connectivity index is 2.09. The number of thiophene rings is 1. The molecule has 3 aromatic rings. The first-order valence-corrected chi connectivity index (χ1v) is 7.67. The second kappa shape index (κ2) is 5.35. The van der Waals surface area contributed by atoms with Gasteiger partial charge in [0.2, 0.25) is 11.1 Å². The van der Waals surface area contributed by atoms with Crippen molar-refractivity contribution in [3.8, 4) is 0 Å². The first-order valence-electron chi connectivity index (χ1n) is 6.03. The summed E-state index contributed by atoms with van der Waals surface area (Å²) in [4.78, 5) is 15.2. The van der Waals surface area contributed by atoms with Gasteiger partial charge in [-0.1, -0.05) is 6.92 Å². The molecule has 3 heterocycles. The van der Waals surface area contributed by atoms with Crippen LogP contribution in [0.4, 0.5) is 5.95 Å². The summed E-state index contributed by atoms with van der Waals surface area (Å²) in [6.45, 7) is 3.98. The molecule has 3 rings (SSSR count). The van der Waals surface area contributed by atoms with Gasteiger partial charge >= 0.3 is 0 Å². The largest absolute Gasteiger partial charge is 0.292 e. The molecule has 0 aliphatic heterocycles. The highest BCUT2D eigenvalue weighted by Gasteiger charge is 2.14. The Morgan fingerprint density at radius 1 is 1.40 bits per heavy atom. The van der Waals surface area contributed by atoms with Crippen molar-refractivity contribution < 1.29 is 0 Å². The van der Waals surface area contributed by atoms with Crippen LogP contribution >= 0.6 is 23.1 Å². The zero-order valence-corrected chi connectivity index (χ0v) is 12.6. The number of nitrogens with one attached hydrogen (secondary N) is 2. The number of rotatable bonds is 4. The summed E-state index contributed by atoms with van der Waals surface area (Å²) in [7, 11) is 0. The molecule has 0 atom stereocenters. The number of fused-ring (bicyclic) bond motifs is 1. The number of H-pyrrole nitrogens is 1. The van der Waals surface area contributed by atoms with Crippen LogP contribution in [0.3, 0.4) is 0 Å². The Bertz CT molecular complexity index is 748. The fourth-order valence-corrected chi connectivity index (χ4v) is 3.59. The molecule has 0 fully saturated rings. The molecular weight excluding hydrogens is 294 g/mol. The van der Waals surface area contributed by atoms with E-state index >= 15 is 0 Å². The molecule has 0 radical (unpaired) electrons. The van der Waals surface area contributed by atoms with E-state index in [2.05, 4.69) is 43.6 Å². The highest BCUT2D eigenvalue weighted by atomic mass is 32.2. The van der Waals surface area contributed by atoms with Gasteiger partial charge in [0.25, 0.3) is 0 Å². The van der Waals surface area contributed by atoms with Gasteiger partial charge in [0.15, 0.2) is 0 Å². The average molecular weight is 307 g/mol. The molecule has 20 heavy (non-hydrogen) atoms. The molecule has 0 saturated carbocycles. The monoisotopic (exact) mass is 307 g/mol. The van der Waals surface area contributed by atoms with E-state index < -0.39 is 0 Å². The molecule has 0 bridgehead atoms. The lowest BCUT2D eigenvalue weighted by atomic mass is 10.3. The van der Waals surface area contributed by atoms with Crippen molar-refractivity contribution in [3.63, 3.8) is 0 Å². The normalized spacial score (nSPS) is 11.2. The van der Waals surface area contributed by atoms with Crippen molar-refractivity contribution in [2.24, 2.45) is 5.84 Å². The van der Waals surface area contributed by atoms with Crippen LogP contribution in [0.2, 0.25) is 0 Å².